The Kier molecular flexibility index (Phi) is 2.61. The summed E-state index contributed by atoms with van der Waals surface area (Å²) < 4.78 is 13.6. The molecule has 2 aliphatic heterocycles. The van der Waals surface area contributed by atoms with Crippen LogP contribution in [0.2, 0.25) is 0 Å². The fourth-order valence-electron chi connectivity index (χ4n) is 3.96. The molecule has 2 fully saturated rings. The predicted molar refractivity (Wildman–Crippen MR) is 61.7 cm³/mol. The van der Waals surface area contributed by atoms with Gasteiger partial charge in [0, 0.05) is 18.6 Å². The Morgan fingerprint density at radius 2 is 2.07 bits per heavy atom. The zero-order chi connectivity index (χ0) is 11.3. The number of halogens is 1. The first kappa shape index (κ1) is 11.4. The van der Waals surface area contributed by atoms with Crippen molar-refractivity contribution < 1.29 is 4.39 Å². The number of nitrogens with zero attached hydrogens (tertiary/aromatic N) is 1. The topological polar surface area (TPSA) is 3.24 Å². The highest BCUT2D eigenvalue weighted by molar-refractivity contribution is 5.08. The van der Waals surface area contributed by atoms with Crippen molar-refractivity contribution in [1.29, 1.82) is 0 Å². The second-order valence-corrected chi connectivity index (χ2v) is 6.85. The third-order valence-corrected chi connectivity index (χ3v) is 3.91. The zero-order valence-electron chi connectivity index (χ0n) is 10.5. The van der Waals surface area contributed by atoms with Crippen molar-refractivity contribution in [2.24, 2.45) is 11.3 Å². The molecule has 0 amide bonds. The standard InChI is InChI=1S/C13H24FN/c1-10(2)5-13-6-11(14)7-15(13)9-12(3,4)8-13/h10-11H,5-9H2,1-4H3/t11-,13+/m1/s1. The molecule has 2 heteroatoms. The minimum absolute atomic E-state index is 0.192. The van der Waals surface area contributed by atoms with E-state index in [4.69, 9.17) is 0 Å². The summed E-state index contributed by atoms with van der Waals surface area (Å²) in [5.74, 6) is 0.673. The molecule has 0 spiro atoms. The molecule has 2 saturated heterocycles. The second kappa shape index (κ2) is 3.44. The highest BCUT2D eigenvalue weighted by atomic mass is 19.1. The summed E-state index contributed by atoms with van der Waals surface area (Å²) in [4.78, 5) is 2.43. The lowest BCUT2D eigenvalue weighted by atomic mass is 9.78. The molecule has 88 valence electrons. The van der Waals surface area contributed by atoms with Gasteiger partial charge in [-0.1, -0.05) is 27.7 Å². The van der Waals surface area contributed by atoms with Gasteiger partial charge in [0.2, 0.25) is 0 Å². The summed E-state index contributed by atoms with van der Waals surface area (Å²) in [6.07, 6.45) is 2.53. The molecule has 1 nitrogen and oxygen atoms in total. The molecule has 0 aliphatic carbocycles. The molecule has 2 heterocycles. The van der Waals surface area contributed by atoms with E-state index in [9.17, 15) is 4.39 Å². The van der Waals surface area contributed by atoms with Crippen LogP contribution in [0.25, 0.3) is 0 Å². The van der Waals surface area contributed by atoms with Crippen LogP contribution in [0.15, 0.2) is 0 Å². The van der Waals surface area contributed by atoms with Gasteiger partial charge < -0.3 is 0 Å². The van der Waals surface area contributed by atoms with E-state index in [1.807, 2.05) is 0 Å². The molecule has 0 bridgehead atoms. The second-order valence-electron chi connectivity index (χ2n) is 6.85. The Hall–Kier alpha value is -0.110. The summed E-state index contributed by atoms with van der Waals surface area (Å²) in [6.45, 7) is 10.9. The molecule has 0 unspecified atom stereocenters. The summed E-state index contributed by atoms with van der Waals surface area (Å²) in [7, 11) is 0. The van der Waals surface area contributed by atoms with Crippen molar-refractivity contribution in [3.05, 3.63) is 0 Å². The minimum atomic E-state index is -0.583. The third-order valence-electron chi connectivity index (χ3n) is 3.91. The van der Waals surface area contributed by atoms with E-state index in [2.05, 4.69) is 32.6 Å². The molecule has 0 N–H and O–H groups in total. The average molecular weight is 213 g/mol. The van der Waals surface area contributed by atoms with Gasteiger partial charge in [-0.05, 0) is 30.6 Å². The molecule has 0 saturated carbocycles. The summed E-state index contributed by atoms with van der Waals surface area (Å²) in [5.41, 5.74) is 0.576. The highest BCUT2D eigenvalue weighted by Gasteiger charge is 2.54. The van der Waals surface area contributed by atoms with Crippen molar-refractivity contribution in [3.8, 4) is 0 Å². The number of rotatable bonds is 2. The lowest BCUT2D eigenvalue weighted by Crippen LogP contribution is -2.39. The van der Waals surface area contributed by atoms with Crippen molar-refractivity contribution in [2.75, 3.05) is 13.1 Å². The molecular formula is C13H24FN. The van der Waals surface area contributed by atoms with Crippen LogP contribution in [0, 0.1) is 11.3 Å². The Morgan fingerprint density at radius 3 is 2.67 bits per heavy atom. The third kappa shape index (κ3) is 2.06. The Balaban J connectivity index is 2.18. The van der Waals surface area contributed by atoms with Crippen LogP contribution in [0.3, 0.4) is 0 Å². The van der Waals surface area contributed by atoms with Gasteiger partial charge in [-0.15, -0.1) is 0 Å². The molecule has 0 aromatic rings. The lowest BCUT2D eigenvalue weighted by molar-refractivity contribution is 0.163. The van der Waals surface area contributed by atoms with Gasteiger partial charge in [0.1, 0.15) is 6.17 Å². The fraction of sp³-hybridized carbons (Fsp3) is 1.00. The van der Waals surface area contributed by atoms with Crippen LogP contribution in [0.4, 0.5) is 4.39 Å². The SMILES string of the molecule is CC(C)C[C@@]12C[C@@H](F)CN1CC(C)(C)C2. The monoisotopic (exact) mass is 213 g/mol. The van der Waals surface area contributed by atoms with Crippen LogP contribution in [0.5, 0.6) is 0 Å². The van der Waals surface area contributed by atoms with Gasteiger partial charge in [0.25, 0.3) is 0 Å². The Bertz CT molecular complexity index is 249. The molecule has 0 radical (unpaired) electrons. The van der Waals surface area contributed by atoms with Crippen molar-refractivity contribution in [1.82, 2.24) is 4.90 Å². The van der Waals surface area contributed by atoms with E-state index in [1.165, 1.54) is 6.42 Å². The van der Waals surface area contributed by atoms with Gasteiger partial charge in [-0.2, -0.15) is 0 Å². The van der Waals surface area contributed by atoms with Gasteiger partial charge >= 0.3 is 0 Å². The van der Waals surface area contributed by atoms with Crippen LogP contribution in [-0.2, 0) is 0 Å². The zero-order valence-corrected chi connectivity index (χ0v) is 10.5. The van der Waals surface area contributed by atoms with E-state index >= 15 is 0 Å². The molecular weight excluding hydrogens is 189 g/mol. The van der Waals surface area contributed by atoms with Crippen LogP contribution >= 0.6 is 0 Å². The quantitative estimate of drug-likeness (QED) is 0.680. The number of fused-ring (bicyclic) bond motifs is 1. The van der Waals surface area contributed by atoms with Gasteiger partial charge in [0.15, 0.2) is 0 Å². The largest absolute Gasteiger partial charge is 0.294 e. The first-order valence-corrected chi connectivity index (χ1v) is 6.22. The number of hydrogen-bond acceptors (Lipinski definition) is 1. The van der Waals surface area contributed by atoms with E-state index in [-0.39, 0.29) is 5.54 Å². The molecule has 0 aromatic carbocycles. The van der Waals surface area contributed by atoms with E-state index in [0.717, 1.165) is 19.4 Å². The molecule has 15 heavy (non-hydrogen) atoms. The predicted octanol–water partition coefficient (Wildman–Crippen LogP) is 3.25. The highest BCUT2D eigenvalue weighted by Crippen LogP contribution is 2.50. The summed E-state index contributed by atoms with van der Waals surface area (Å²) in [6, 6.07) is 0. The maximum Gasteiger partial charge on any atom is 0.115 e. The maximum atomic E-state index is 13.6. The molecule has 2 aliphatic rings. The van der Waals surface area contributed by atoms with E-state index in [0.29, 0.717) is 17.9 Å². The number of alkyl halides is 1. The van der Waals surface area contributed by atoms with Crippen LogP contribution in [-0.4, -0.2) is 29.7 Å². The Morgan fingerprint density at radius 1 is 1.40 bits per heavy atom. The van der Waals surface area contributed by atoms with E-state index in [1.54, 1.807) is 0 Å². The molecule has 0 aromatic heterocycles. The first-order valence-electron chi connectivity index (χ1n) is 6.22. The molecule has 2 atom stereocenters. The lowest BCUT2D eigenvalue weighted by Gasteiger charge is -2.33. The summed E-state index contributed by atoms with van der Waals surface area (Å²) in [5, 5.41) is 0. The van der Waals surface area contributed by atoms with Crippen LogP contribution < -0.4 is 0 Å². The van der Waals surface area contributed by atoms with Gasteiger partial charge in [0.05, 0.1) is 0 Å². The van der Waals surface area contributed by atoms with Gasteiger partial charge in [-0.3, -0.25) is 4.90 Å². The van der Waals surface area contributed by atoms with Crippen LogP contribution in [0.1, 0.15) is 47.0 Å². The fourth-order valence-corrected chi connectivity index (χ4v) is 3.96. The van der Waals surface area contributed by atoms with Crippen molar-refractivity contribution in [2.45, 2.75) is 58.7 Å². The Labute approximate surface area is 93.0 Å². The maximum absolute atomic E-state index is 13.6. The molecule has 2 rings (SSSR count). The summed E-state index contributed by atoms with van der Waals surface area (Å²) >= 11 is 0. The van der Waals surface area contributed by atoms with Gasteiger partial charge in [-0.25, -0.2) is 4.39 Å². The number of hydrogen-bond donors (Lipinski definition) is 0. The normalized spacial score (nSPS) is 40.0. The average Bonchev–Trinajstić information content (AvgIpc) is 2.32. The van der Waals surface area contributed by atoms with Crippen molar-refractivity contribution >= 4 is 0 Å². The first-order chi connectivity index (χ1) is 6.83. The minimum Gasteiger partial charge on any atom is -0.294 e. The smallest absolute Gasteiger partial charge is 0.115 e. The van der Waals surface area contributed by atoms with Crippen molar-refractivity contribution in [3.63, 3.8) is 0 Å². The van der Waals surface area contributed by atoms with E-state index < -0.39 is 6.17 Å².